The Morgan fingerprint density at radius 3 is 2.20 bits per heavy atom. The molecule has 1 aliphatic heterocycles. The number of halogens is 3. The highest BCUT2D eigenvalue weighted by Crippen LogP contribution is 2.38. The Morgan fingerprint density at radius 2 is 1.67 bits per heavy atom. The molecule has 0 saturated carbocycles. The highest BCUT2D eigenvalue weighted by Gasteiger charge is 2.51. The van der Waals surface area contributed by atoms with Crippen LogP contribution in [0.1, 0.15) is 27.7 Å². The smallest absolute Gasteiger partial charge is 0.467 e. The molecule has 0 bridgehead atoms. The van der Waals surface area contributed by atoms with E-state index in [4.69, 9.17) is 14.0 Å². The predicted molar refractivity (Wildman–Crippen MR) is 111 cm³/mol. The fourth-order valence-corrected chi connectivity index (χ4v) is 3.74. The molecule has 2 aromatic carbocycles. The maximum absolute atomic E-state index is 15.1. The van der Waals surface area contributed by atoms with E-state index in [2.05, 4.69) is 4.98 Å². The molecule has 0 atom stereocenters. The Balaban J connectivity index is 1.73. The minimum absolute atomic E-state index is 0.0491. The average Bonchev–Trinajstić information content (AvgIpc) is 3.15. The SMILES string of the molecule is COc1nc2c(F)c(-c3ccc(B4OC(C)(C)C(C)(C)O4)cc3)c(F)cc2n1SF. The lowest BCUT2D eigenvalue weighted by molar-refractivity contribution is 0.00578. The van der Waals surface area contributed by atoms with Crippen molar-refractivity contribution < 1.29 is 26.7 Å². The van der Waals surface area contributed by atoms with E-state index in [1.807, 2.05) is 27.7 Å². The maximum atomic E-state index is 15.1. The molecule has 0 unspecified atom stereocenters. The summed E-state index contributed by atoms with van der Waals surface area (Å²) in [6.45, 7) is 7.80. The van der Waals surface area contributed by atoms with Crippen LogP contribution in [0.3, 0.4) is 0 Å². The summed E-state index contributed by atoms with van der Waals surface area (Å²) in [5.41, 5.74) is -0.417. The third kappa shape index (κ3) is 3.18. The molecule has 3 aromatic rings. The second-order valence-electron chi connectivity index (χ2n) is 8.09. The lowest BCUT2D eigenvalue weighted by Crippen LogP contribution is -2.41. The Bertz CT molecular complexity index is 1100. The van der Waals surface area contributed by atoms with E-state index in [9.17, 15) is 8.28 Å². The van der Waals surface area contributed by atoms with Gasteiger partial charge in [-0.1, -0.05) is 24.3 Å². The Hall–Kier alpha value is -2.17. The Kier molecular flexibility index (Phi) is 5.07. The predicted octanol–water partition coefficient (Wildman–Crippen LogP) is 4.67. The first-order valence-electron chi connectivity index (χ1n) is 9.29. The summed E-state index contributed by atoms with van der Waals surface area (Å²) >= 11 is -0.241. The number of nitrogens with zero attached hydrogens (tertiary/aromatic N) is 2. The minimum atomic E-state index is -0.889. The van der Waals surface area contributed by atoms with Gasteiger partial charge in [0.25, 0.3) is 0 Å². The fraction of sp³-hybridized carbons (Fsp3) is 0.350. The second-order valence-corrected chi connectivity index (χ2v) is 8.59. The minimum Gasteiger partial charge on any atom is -0.467 e. The molecule has 10 heteroatoms. The van der Waals surface area contributed by atoms with Crippen LogP contribution in [-0.4, -0.2) is 34.4 Å². The van der Waals surface area contributed by atoms with Crippen LogP contribution in [0.4, 0.5) is 12.7 Å². The van der Waals surface area contributed by atoms with Gasteiger partial charge < -0.3 is 14.0 Å². The van der Waals surface area contributed by atoms with Gasteiger partial charge in [-0.05, 0) is 38.7 Å². The van der Waals surface area contributed by atoms with Crippen LogP contribution in [0.5, 0.6) is 6.01 Å². The van der Waals surface area contributed by atoms with Gasteiger partial charge in [0.15, 0.2) is 18.2 Å². The van der Waals surface area contributed by atoms with Gasteiger partial charge in [0.2, 0.25) is 0 Å². The van der Waals surface area contributed by atoms with Gasteiger partial charge >= 0.3 is 13.1 Å². The van der Waals surface area contributed by atoms with Crippen LogP contribution in [0.25, 0.3) is 22.2 Å². The molecule has 2 heterocycles. The quantitative estimate of drug-likeness (QED) is 0.557. The van der Waals surface area contributed by atoms with Crippen LogP contribution in [-0.2, 0) is 9.31 Å². The highest BCUT2D eigenvalue weighted by atomic mass is 32.2. The lowest BCUT2D eigenvalue weighted by Gasteiger charge is -2.32. The van der Waals surface area contributed by atoms with Gasteiger partial charge in [-0.15, -0.1) is 3.89 Å². The molecule has 1 fully saturated rings. The molecule has 0 radical (unpaired) electrons. The Morgan fingerprint density at radius 1 is 1.07 bits per heavy atom. The first-order valence-corrected chi connectivity index (χ1v) is 9.96. The topological polar surface area (TPSA) is 45.5 Å². The summed E-state index contributed by atoms with van der Waals surface area (Å²) < 4.78 is 61.0. The van der Waals surface area contributed by atoms with E-state index < -0.39 is 30.0 Å². The molecule has 0 spiro atoms. The number of fused-ring (bicyclic) bond motifs is 1. The van der Waals surface area contributed by atoms with Crippen molar-refractivity contribution in [3.8, 4) is 17.1 Å². The molecule has 0 amide bonds. The van der Waals surface area contributed by atoms with Crippen LogP contribution >= 0.6 is 12.3 Å². The van der Waals surface area contributed by atoms with Crippen LogP contribution in [0.2, 0.25) is 0 Å². The summed E-state index contributed by atoms with van der Waals surface area (Å²) in [5.74, 6) is -1.72. The van der Waals surface area contributed by atoms with Crippen molar-refractivity contribution in [3.05, 3.63) is 42.0 Å². The lowest BCUT2D eigenvalue weighted by atomic mass is 9.78. The number of hydrogen-bond acceptors (Lipinski definition) is 5. The molecule has 5 nitrogen and oxygen atoms in total. The van der Waals surface area contributed by atoms with E-state index >= 15 is 4.39 Å². The van der Waals surface area contributed by atoms with Crippen LogP contribution in [0.15, 0.2) is 30.3 Å². The van der Waals surface area contributed by atoms with Gasteiger partial charge in [-0.3, -0.25) is 0 Å². The van der Waals surface area contributed by atoms with Crippen molar-refractivity contribution >= 4 is 35.9 Å². The molecule has 1 aliphatic rings. The van der Waals surface area contributed by atoms with Gasteiger partial charge in [0.1, 0.15) is 11.3 Å². The molecule has 1 saturated heterocycles. The van der Waals surface area contributed by atoms with Crippen molar-refractivity contribution in [1.29, 1.82) is 0 Å². The first kappa shape index (κ1) is 21.1. The third-order valence-corrected chi connectivity index (χ3v) is 6.24. The largest absolute Gasteiger partial charge is 0.494 e. The van der Waals surface area contributed by atoms with Gasteiger partial charge in [-0.2, -0.15) is 4.98 Å². The summed E-state index contributed by atoms with van der Waals surface area (Å²) in [5, 5.41) is 0. The number of imidazole rings is 1. The van der Waals surface area contributed by atoms with Crippen molar-refractivity contribution in [3.63, 3.8) is 0 Å². The molecule has 158 valence electrons. The zero-order chi connectivity index (χ0) is 21.8. The molecular weight excluding hydrogens is 416 g/mol. The maximum Gasteiger partial charge on any atom is 0.494 e. The number of rotatable bonds is 4. The van der Waals surface area contributed by atoms with Crippen molar-refractivity contribution in [1.82, 2.24) is 8.96 Å². The number of hydrogen-bond donors (Lipinski definition) is 0. The molecule has 4 rings (SSSR count). The molecular formula is C20H20BF3N2O3S. The average molecular weight is 436 g/mol. The van der Waals surface area contributed by atoms with E-state index in [1.54, 1.807) is 24.3 Å². The zero-order valence-corrected chi connectivity index (χ0v) is 17.9. The number of benzene rings is 2. The monoisotopic (exact) mass is 436 g/mol. The van der Waals surface area contributed by atoms with Crippen LogP contribution < -0.4 is 10.2 Å². The van der Waals surface area contributed by atoms with Crippen LogP contribution in [0, 0.1) is 11.6 Å². The van der Waals surface area contributed by atoms with Crippen molar-refractivity contribution in [2.24, 2.45) is 0 Å². The van der Waals surface area contributed by atoms with E-state index in [0.717, 1.165) is 15.5 Å². The molecule has 30 heavy (non-hydrogen) atoms. The van der Waals surface area contributed by atoms with E-state index in [1.165, 1.54) is 7.11 Å². The number of methoxy groups -OCH3 is 1. The zero-order valence-electron chi connectivity index (χ0n) is 17.1. The van der Waals surface area contributed by atoms with E-state index in [-0.39, 0.29) is 34.9 Å². The second kappa shape index (κ2) is 7.21. The number of aromatic nitrogens is 2. The van der Waals surface area contributed by atoms with Gasteiger partial charge in [0, 0.05) is 6.07 Å². The third-order valence-electron chi connectivity index (χ3n) is 5.75. The summed E-state index contributed by atoms with van der Waals surface area (Å²) in [4.78, 5) is 3.94. The van der Waals surface area contributed by atoms with Gasteiger partial charge in [0.05, 0.1) is 29.4 Å². The molecule has 0 aliphatic carbocycles. The standard InChI is InChI=1S/C20H20BF3N2O3S/c1-19(2)20(3,4)29-21(28-19)12-8-6-11(7-9-12)15-13(22)10-14-17(16(15)23)25-18(27-5)26(14)30-24/h6-10H,1-5H3. The van der Waals surface area contributed by atoms with Gasteiger partial charge in [-0.25, -0.2) is 12.8 Å². The Labute approximate surface area is 177 Å². The fourth-order valence-electron chi connectivity index (χ4n) is 3.35. The summed E-state index contributed by atoms with van der Waals surface area (Å²) in [6.07, 6.45) is 0. The van der Waals surface area contributed by atoms with Crippen molar-refractivity contribution in [2.75, 3.05) is 7.11 Å². The molecule has 1 aromatic heterocycles. The summed E-state index contributed by atoms with van der Waals surface area (Å²) in [6, 6.07) is 7.47. The molecule has 0 N–H and O–H groups in total. The summed E-state index contributed by atoms with van der Waals surface area (Å²) in [7, 11) is 0.695. The normalized spacial score (nSPS) is 17.7. The van der Waals surface area contributed by atoms with Crippen molar-refractivity contribution in [2.45, 2.75) is 38.9 Å². The highest BCUT2D eigenvalue weighted by molar-refractivity contribution is 7.93. The number of ether oxygens (including phenoxy) is 1. The first-order chi connectivity index (χ1) is 14.1. The van der Waals surface area contributed by atoms with E-state index in [0.29, 0.717) is 5.56 Å².